The molecule has 1 aromatic carbocycles. The lowest BCUT2D eigenvalue weighted by molar-refractivity contribution is 0.987. The number of aromatic nitrogens is 2. The molecule has 4 N–H and O–H groups in total. The molecule has 0 atom stereocenters. The third kappa shape index (κ3) is 2.00. The molecular formula is C12H13N5O. The molecule has 0 fully saturated rings. The zero-order valence-electron chi connectivity index (χ0n) is 9.66. The minimum atomic E-state index is -0.175. The third-order valence-electron chi connectivity index (χ3n) is 2.68. The number of nitrogens with one attached hydrogen (secondary N) is 4. The number of para-hydroxylation sites is 1. The van der Waals surface area contributed by atoms with Gasteiger partial charge in [0.25, 0.3) is 5.56 Å². The van der Waals surface area contributed by atoms with Crippen LogP contribution < -0.4 is 21.5 Å². The minimum absolute atomic E-state index is 0.175. The summed E-state index contributed by atoms with van der Waals surface area (Å²) in [7, 11) is 0. The fourth-order valence-corrected chi connectivity index (χ4v) is 1.85. The summed E-state index contributed by atoms with van der Waals surface area (Å²) in [5, 5.41) is 9.18. The van der Waals surface area contributed by atoms with E-state index in [4.69, 9.17) is 0 Å². The van der Waals surface area contributed by atoms with Crippen LogP contribution in [0.25, 0.3) is 0 Å². The Morgan fingerprint density at radius 1 is 1.11 bits per heavy atom. The average molecular weight is 243 g/mol. The molecule has 2 heterocycles. The number of aromatic amines is 1. The summed E-state index contributed by atoms with van der Waals surface area (Å²) in [6, 6.07) is 9.58. The molecule has 0 radical (unpaired) electrons. The van der Waals surface area contributed by atoms with Gasteiger partial charge >= 0.3 is 0 Å². The highest BCUT2D eigenvalue weighted by Crippen LogP contribution is 2.19. The van der Waals surface area contributed by atoms with E-state index in [0.29, 0.717) is 17.5 Å². The van der Waals surface area contributed by atoms with Crippen molar-refractivity contribution in [2.45, 2.75) is 0 Å². The monoisotopic (exact) mass is 243 g/mol. The van der Waals surface area contributed by atoms with Crippen LogP contribution in [0.4, 0.5) is 23.1 Å². The SMILES string of the molecule is O=c1[nH]c(Nc2ccccc2)nc2c1NCCN2. The molecule has 0 saturated carbocycles. The third-order valence-corrected chi connectivity index (χ3v) is 2.68. The first-order valence-electron chi connectivity index (χ1n) is 5.77. The van der Waals surface area contributed by atoms with Gasteiger partial charge in [0.05, 0.1) is 0 Å². The number of hydrogen-bond donors (Lipinski definition) is 4. The van der Waals surface area contributed by atoms with Crippen LogP contribution in [0, 0.1) is 0 Å². The van der Waals surface area contributed by atoms with Crippen LogP contribution in [0.2, 0.25) is 0 Å². The van der Waals surface area contributed by atoms with Crippen LogP contribution >= 0.6 is 0 Å². The fraction of sp³-hybridized carbons (Fsp3) is 0.167. The van der Waals surface area contributed by atoms with Crippen LogP contribution in [-0.4, -0.2) is 23.1 Å². The summed E-state index contributed by atoms with van der Waals surface area (Å²) in [5.41, 5.74) is 1.20. The Balaban J connectivity index is 1.94. The van der Waals surface area contributed by atoms with Gasteiger partial charge in [-0.1, -0.05) is 18.2 Å². The van der Waals surface area contributed by atoms with Gasteiger partial charge in [0.2, 0.25) is 5.95 Å². The van der Waals surface area contributed by atoms with Gasteiger partial charge in [-0.2, -0.15) is 4.98 Å². The molecule has 0 unspecified atom stereocenters. The lowest BCUT2D eigenvalue weighted by Crippen LogP contribution is -2.28. The van der Waals surface area contributed by atoms with Gasteiger partial charge in [0, 0.05) is 18.8 Å². The summed E-state index contributed by atoms with van der Waals surface area (Å²) in [4.78, 5) is 18.9. The first kappa shape index (κ1) is 10.6. The van der Waals surface area contributed by atoms with Crippen LogP contribution in [-0.2, 0) is 0 Å². The van der Waals surface area contributed by atoms with E-state index >= 15 is 0 Å². The number of anilines is 4. The molecule has 1 aliphatic heterocycles. The van der Waals surface area contributed by atoms with E-state index in [0.717, 1.165) is 18.8 Å². The maximum absolute atomic E-state index is 11.8. The van der Waals surface area contributed by atoms with Gasteiger partial charge in [-0.05, 0) is 12.1 Å². The molecule has 2 aromatic rings. The second kappa shape index (κ2) is 4.40. The quantitative estimate of drug-likeness (QED) is 0.640. The number of fused-ring (bicyclic) bond motifs is 1. The fourth-order valence-electron chi connectivity index (χ4n) is 1.85. The lowest BCUT2D eigenvalue weighted by Gasteiger charge is -2.18. The first-order chi connectivity index (χ1) is 8.83. The lowest BCUT2D eigenvalue weighted by atomic mass is 10.3. The smallest absolute Gasteiger partial charge is 0.277 e. The van der Waals surface area contributed by atoms with Crippen molar-refractivity contribution >= 4 is 23.1 Å². The zero-order chi connectivity index (χ0) is 12.4. The van der Waals surface area contributed by atoms with E-state index in [-0.39, 0.29) is 5.56 Å². The van der Waals surface area contributed by atoms with Gasteiger partial charge in [-0.15, -0.1) is 0 Å². The van der Waals surface area contributed by atoms with Crippen LogP contribution in [0.3, 0.4) is 0 Å². The predicted octanol–water partition coefficient (Wildman–Crippen LogP) is 1.35. The number of H-pyrrole nitrogens is 1. The number of hydrogen-bond acceptors (Lipinski definition) is 5. The Hall–Kier alpha value is -2.50. The van der Waals surface area contributed by atoms with Crippen molar-refractivity contribution in [3.63, 3.8) is 0 Å². The molecule has 1 aliphatic rings. The van der Waals surface area contributed by atoms with Crippen molar-refractivity contribution in [2.75, 3.05) is 29.0 Å². The van der Waals surface area contributed by atoms with Crippen molar-refractivity contribution in [3.05, 3.63) is 40.7 Å². The Morgan fingerprint density at radius 2 is 1.89 bits per heavy atom. The summed E-state index contributed by atoms with van der Waals surface area (Å²) in [6.07, 6.45) is 0. The van der Waals surface area contributed by atoms with Crippen molar-refractivity contribution in [1.82, 2.24) is 9.97 Å². The van der Waals surface area contributed by atoms with Crippen molar-refractivity contribution in [3.8, 4) is 0 Å². The minimum Gasteiger partial charge on any atom is -0.376 e. The largest absolute Gasteiger partial charge is 0.376 e. The van der Waals surface area contributed by atoms with E-state index in [1.807, 2.05) is 30.3 Å². The Kier molecular flexibility index (Phi) is 2.60. The molecule has 18 heavy (non-hydrogen) atoms. The second-order valence-electron chi connectivity index (χ2n) is 3.98. The molecule has 3 rings (SSSR count). The molecule has 0 saturated heterocycles. The molecule has 0 bridgehead atoms. The normalized spacial score (nSPS) is 13.1. The van der Waals surface area contributed by atoms with Gasteiger partial charge in [-0.3, -0.25) is 9.78 Å². The average Bonchev–Trinajstić information content (AvgIpc) is 2.40. The van der Waals surface area contributed by atoms with E-state index in [1.165, 1.54) is 0 Å². The highest BCUT2D eigenvalue weighted by molar-refractivity contribution is 5.67. The standard InChI is InChI=1S/C12H13N5O/c18-11-9-10(14-7-6-13-9)16-12(17-11)15-8-4-2-1-3-5-8/h1-5,13H,6-7H2,(H3,14,15,16,17,18). The maximum Gasteiger partial charge on any atom is 0.277 e. The topological polar surface area (TPSA) is 81.8 Å². The second-order valence-corrected chi connectivity index (χ2v) is 3.98. The van der Waals surface area contributed by atoms with Crippen molar-refractivity contribution in [2.24, 2.45) is 0 Å². The summed E-state index contributed by atoms with van der Waals surface area (Å²) in [6.45, 7) is 1.48. The van der Waals surface area contributed by atoms with Crippen molar-refractivity contribution < 1.29 is 0 Å². The Bertz CT molecular complexity index is 608. The predicted molar refractivity (Wildman–Crippen MR) is 71.6 cm³/mol. The molecular weight excluding hydrogens is 230 g/mol. The molecule has 92 valence electrons. The van der Waals surface area contributed by atoms with Crippen LogP contribution in [0.5, 0.6) is 0 Å². The number of benzene rings is 1. The summed E-state index contributed by atoms with van der Waals surface area (Å²) in [5.74, 6) is 1.02. The maximum atomic E-state index is 11.8. The van der Waals surface area contributed by atoms with Gasteiger partial charge in [0.1, 0.15) is 5.69 Å². The van der Waals surface area contributed by atoms with Gasteiger partial charge < -0.3 is 16.0 Å². The van der Waals surface area contributed by atoms with E-state index in [9.17, 15) is 4.79 Å². The molecule has 6 heteroatoms. The molecule has 0 amide bonds. The highest BCUT2D eigenvalue weighted by Gasteiger charge is 2.14. The molecule has 0 aliphatic carbocycles. The van der Waals surface area contributed by atoms with Crippen molar-refractivity contribution in [1.29, 1.82) is 0 Å². The summed E-state index contributed by atoms with van der Waals surface area (Å²) < 4.78 is 0. The first-order valence-corrected chi connectivity index (χ1v) is 5.77. The van der Waals surface area contributed by atoms with E-state index in [1.54, 1.807) is 0 Å². The van der Waals surface area contributed by atoms with Gasteiger partial charge in [-0.25, -0.2) is 0 Å². The highest BCUT2D eigenvalue weighted by atomic mass is 16.1. The van der Waals surface area contributed by atoms with Crippen LogP contribution in [0.1, 0.15) is 0 Å². The Labute approximate surface area is 103 Å². The molecule has 6 nitrogen and oxygen atoms in total. The molecule has 1 aromatic heterocycles. The number of rotatable bonds is 2. The van der Waals surface area contributed by atoms with E-state index in [2.05, 4.69) is 25.9 Å². The molecule has 0 spiro atoms. The number of nitrogens with zero attached hydrogens (tertiary/aromatic N) is 1. The zero-order valence-corrected chi connectivity index (χ0v) is 9.66. The van der Waals surface area contributed by atoms with E-state index < -0.39 is 0 Å². The summed E-state index contributed by atoms with van der Waals surface area (Å²) >= 11 is 0. The Morgan fingerprint density at radius 3 is 2.72 bits per heavy atom. The van der Waals surface area contributed by atoms with Gasteiger partial charge in [0.15, 0.2) is 5.82 Å². The van der Waals surface area contributed by atoms with Crippen LogP contribution in [0.15, 0.2) is 35.1 Å².